The zero-order valence-corrected chi connectivity index (χ0v) is 8.75. The maximum absolute atomic E-state index is 11.6. The minimum absolute atomic E-state index is 0.175. The van der Waals surface area contributed by atoms with Crippen molar-refractivity contribution in [3.8, 4) is 0 Å². The molecule has 1 aromatic heterocycles. The highest BCUT2D eigenvalue weighted by Gasteiger charge is 2.22. The van der Waals surface area contributed by atoms with Crippen LogP contribution in [0.25, 0.3) is 0 Å². The van der Waals surface area contributed by atoms with E-state index in [1.807, 2.05) is 17.6 Å². The van der Waals surface area contributed by atoms with Crippen molar-refractivity contribution in [3.05, 3.63) is 23.0 Å². The van der Waals surface area contributed by atoms with Crippen LogP contribution in [-0.2, 0) is 17.8 Å². The number of fused-ring (bicyclic) bond motifs is 1. The second kappa shape index (κ2) is 3.53. The summed E-state index contributed by atoms with van der Waals surface area (Å²) in [5, 5.41) is 0. The van der Waals surface area contributed by atoms with Crippen LogP contribution in [-0.4, -0.2) is 16.3 Å². The maximum Gasteiger partial charge on any atom is 0.237 e. The van der Waals surface area contributed by atoms with Crippen LogP contribution in [0.1, 0.15) is 34.6 Å². The third-order valence-corrected chi connectivity index (χ3v) is 2.85. The summed E-state index contributed by atoms with van der Waals surface area (Å²) in [5.41, 5.74) is 7.87. The number of carbonyl (C=O) groups excluding carboxylic acids is 2. The van der Waals surface area contributed by atoms with Gasteiger partial charge >= 0.3 is 0 Å². The molecule has 2 rings (SSSR count). The molecular weight excluding hydrogens is 192 g/mol. The van der Waals surface area contributed by atoms with E-state index in [0.29, 0.717) is 6.42 Å². The van der Waals surface area contributed by atoms with Gasteiger partial charge in [-0.2, -0.15) is 0 Å². The first-order valence-electron chi connectivity index (χ1n) is 5.10. The van der Waals surface area contributed by atoms with E-state index in [-0.39, 0.29) is 18.2 Å². The minimum Gasteiger partial charge on any atom is -0.368 e. The Balaban J connectivity index is 2.46. The minimum atomic E-state index is -0.366. The SMILES string of the molecule is Cc1cc2c(n1CC(N)=O)CCCC2=O. The number of primary amides is 1. The van der Waals surface area contributed by atoms with Crippen LogP contribution < -0.4 is 5.73 Å². The summed E-state index contributed by atoms with van der Waals surface area (Å²) < 4.78 is 1.86. The number of aryl methyl sites for hydroxylation is 1. The number of rotatable bonds is 2. The van der Waals surface area contributed by atoms with Crippen LogP contribution in [0, 0.1) is 6.92 Å². The van der Waals surface area contributed by atoms with E-state index in [9.17, 15) is 9.59 Å². The molecule has 4 nitrogen and oxygen atoms in total. The first-order valence-corrected chi connectivity index (χ1v) is 5.10. The number of hydrogen-bond acceptors (Lipinski definition) is 2. The zero-order valence-electron chi connectivity index (χ0n) is 8.75. The fraction of sp³-hybridized carbons (Fsp3) is 0.455. The Kier molecular flexibility index (Phi) is 2.34. The van der Waals surface area contributed by atoms with Gasteiger partial charge in [-0.1, -0.05) is 0 Å². The van der Waals surface area contributed by atoms with Gasteiger partial charge in [0.1, 0.15) is 6.54 Å². The molecule has 1 aromatic rings. The van der Waals surface area contributed by atoms with E-state index in [2.05, 4.69) is 0 Å². The van der Waals surface area contributed by atoms with Crippen LogP contribution in [0.15, 0.2) is 6.07 Å². The van der Waals surface area contributed by atoms with E-state index in [0.717, 1.165) is 29.8 Å². The number of nitrogens with two attached hydrogens (primary N) is 1. The van der Waals surface area contributed by atoms with Gasteiger partial charge in [-0.05, 0) is 25.8 Å². The molecule has 0 atom stereocenters. The second-order valence-electron chi connectivity index (χ2n) is 3.98. The molecule has 1 aliphatic rings. The predicted molar refractivity (Wildman–Crippen MR) is 55.6 cm³/mol. The topological polar surface area (TPSA) is 65.1 Å². The molecule has 0 unspecified atom stereocenters. The van der Waals surface area contributed by atoms with E-state index in [1.165, 1.54) is 0 Å². The fourth-order valence-electron chi connectivity index (χ4n) is 2.17. The van der Waals surface area contributed by atoms with E-state index < -0.39 is 0 Å². The number of aromatic nitrogens is 1. The van der Waals surface area contributed by atoms with Crippen molar-refractivity contribution in [1.29, 1.82) is 0 Å². The van der Waals surface area contributed by atoms with Crippen molar-refractivity contribution in [2.75, 3.05) is 0 Å². The molecule has 1 aliphatic carbocycles. The van der Waals surface area contributed by atoms with Gasteiger partial charge in [0.2, 0.25) is 5.91 Å². The van der Waals surface area contributed by atoms with Crippen LogP contribution in [0.2, 0.25) is 0 Å². The third kappa shape index (κ3) is 1.67. The molecular formula is C11H14N2O2. The molecule has 15 heavy (non-hydrogen) atoms. The van der Waals surface area contributed by atoms with Crippen molar-refractivity contribution in [2.24, 2.45) is 5.73 Å². The summed E-state index contributed by atoms with van der Waals surface area (Å²) in [5.74, 6) is -0.183. The summed E-state index contributed by atoms with van der Waals surface area (Å²) in [7, 11) is 0. The van der Waals surface area contributed by atoms with Crippen LogP contribution in [0.3, 0.4) is 0 Å². The average molecular weight is 206 g/mol. The number of hydrogen-bond donors (Lipinski definition) is 1. The van der Waals surface area contributed by atoms with Crippen molar-refractivity contribution in [2.45, 2.75) is 32.7 Å². The largest absolute Gasteiger partial charge is 0.368 e. The van der Waals surface area contributed by atoms with Gasteiger partial charge in [0.25, 0.3) is 0 Å². The van der Waals surface area contributed by atoms with Crippen molar-refractivity contribution < 1.29 is 9.59 Å². The molecule has 4 heteroatoms. The molecule has 0 bridgehead atoms. The number of nitrogens with zero attached hydrogens (tertiary/aromatic N) is 1. The van der Waals surface area contributed by atoms with Crippen molar-refractivity contribution >= 4 is 11.7 Å². The summed E-state index contributed by atoms with van der Waals surface area (Å²) >= 11 is 0. The van der Waals surface area contributed by atoms with Gasteiger partial charge in [-0.25, -0.2) is 0 Å². The Morgan fingerprint density at radius 3 is 2.93 bits per heavy atom. The first kappa shape index (κ1) is 9.96. The molecule has 1 heterocycles. The highest BCUT2D eigenvalue weighted by Crippen LogP contribution is 2.24. The molecule has 0 aliphatic heterocycles. The molecule has 80 valence electrons. The third-order valence-electron chi connectivity index (χ3n) is 2.85. The van der Waals surface area contributed by atoms with Crippen LogP contribution in [0.5, 0.6) is 0 Å². The Morgan fingerprint density at radius 1 is 1.53 bits per heavy atom. The number of carbonyl (C=O) groups is 2. The lowest BCUT2D eigenvalue weighted by Gasteiger charge is -2.14. The maximum atomic E-state index is 11.6. The second-order valence-corrected chi connectivity index (χ2v) is 3.98. The summed E-state index contributed by atoms with van der Waals surface area (Å²) in [6.07, 6.45) is 2.35. The molecule has 0 radical (unpaired) electrons. The first-order chi connectivity index (χ1) is 7.09. The lowest BCUT2D eigenvalue weighted by Crippen LogP contribution is -2.22. The van der Waals surface area contributed by atoms with Gasteiger partial charge < -0.3 is 10.3 Å². The Hall–Kier alpha value is -1.58. The standard InChI is InChI=1S/C11H14N2O2/c1-7-5-8-9(3-2-4-10(8)14)13(7)6-11(12)15/h5H,2-4,6H2,1H3,(H2,12,15). The van der Waals surface area contributed by atoms with E-state index in [4.69, 9.17) is 5.73 Å². The lowest BCUT2D eigenvalue weighted by molar-refractivity contribution is -0.118. The Morgan fingerprint density at radius 2 is 2.27 bits per heavy atom. The molecule has 0 aromatic carbocycles. The van der Waals surface area contributed by atoms with Gasteiger partial charge in [0.05, 0.1) is 0 Å². The lowest BCUT2D eigenvalue weighted by atomic mass is 9.97. The van der Waals surface area contributed by atoms with Gasteiger partial charge in [0, 0.05) is 23.4 Å². The number of Topliss-reactive ketones (excluding diaryl/α,β-unsaturated/α-hetero) is 1. The molecule has 0 fully saturated rings. The molecule has 1 amide bonds. The Labute approximate surface area is 88.1 Å². The predicted octanol–water partition coefficient (Wildman–Crippen LogP) is 0.801. The highest BCUT2D eigenvalue weighted by atomic mass is 16.1. The van der Waals surface area contributed by atoms with Gasteiger partial charge in [-0.3, -0.25) is 9.59 Å². The zero-order chi connectivity index (χ0) is 11.0. The van der Waals surface area contributed by atoms with Crippen LogP contribution in [0.4, 0.5) is 0 Å². The monoisotopic (exact) mass is 206 g/mol. The smallest absolute Gasteiger partial charge is 0.237 e. The highest BCUT2D eigenvalue weighted by molar-refractivity contribution is 5.98. The quantitative estimate of drug-likeness (QED) is 0.777. The van der Waals surface area contributed by atoms with E-state index >= 15 is 0 Å². The summed E-state index contributed by atoms with van der Waals surface area (Å²) in [6, 6.07) is 1.86. The van der Waals surface area contributed by atoms with Gasteiger partial charge in [0.15, 0.2) is 5.78 Å². The van der Waals surface area contributed by atoms with Crippen molar-refractivity contribution in [3.63, 3.8) is 0 Å². The normalized spacial score (nSPS) is 15.1. The van der Waals surface area contributed by atoms with E-state index in [1.54, 1.807) is 0 Å². The van der Waals surface area contributed by atoms with Gasteiger partial charge in [-0.15, -0.1) is 0 Å². The summed E-state index contributed by atoms with van der Waals surface area (Å²) in [6.45, 7) is 2.07. The Bertz CT molecular complexity index is 432. The molecule has 0 spiro atoms. The molecule has 0 saturated heterocycles. The average Bonchev–Trinajstić information content (AvgIpc) is 2.45. The molecule has 2 N–H and O–H groups in total. The molecule has 0 saturated carbocycles. The number of ketones is 1. The number of amides is 1. The summed E-state index contributed by atoms with van der Waals surface area (Å²) in [4.78, 5) is 22.5. The fourth-order valence-corrected chi connectivity index (χ4v) is 2.17. The van der Waals surface area contributed by atoms with Crippen molar-refractivity contribution in [1.82, 2.24) is 4.57 Å². The van der Waals surface area contributed by atoms with Crippen LogP contribution >= 0.6 is 0 Å².